The van der Waals surface area contributed by atoms with E-state index in [4.69, 9.17) is 0 Å². The second kappa shape index (κ2) is 6.24. The summed E-state index contributed by atoms with van der Waals surface area (Å²) in [5.74, 6) is -1.66. The number of hydrogen-bond acceptors (Lipinski definition) is 3. The van der Waals surface area contributed by atoms with Gasteiger partial charge in [0.05, 0.1) is 11.0 Å². The molecule has 3 rings (SSSR count). The molecule has 2 fully saturated rings. The number of anilines is 1. The van der Waals surface area contributed by atoms with Crippen molar-refractivity contribution in [2.45, 2.75) is 25.4 Å². The molecular formula is C14H16ClF4N3O. The van der Waals surface area contributed by atoms with Crippen molar-refractivity contribution in [3.05, 3.63) is 23.6 Å². The van der Waals surface area contributed by atoms with Crippen molar-refractivity contribution < 1.29 is 22.4 Å². The third kappa shape index (κ3) is 3.14. The van der Waals surface area contributed by atoms with Crippen LogP contribution in [0.25, 0.3) is 0 Å². The Labute approximate surface area is 136 Å². The number of hydrogen-bond donors (Lipinski definition) is 1. The second-order valence-electron chi connectivity index (χ2n) is 5.76. The molecule has 128 valence electrons. The minimum Gasteiger partial charge on any atom is -0.317 e. The van der Waals surface area contributed by atoms with Gasteiger partial charge in [-0.25, -0.2) is 9.37 Å². The molecule has 0 radical (unpaired) electrons. The number of carbonyl (C=O) groups is 1. The zero-order valence-electron chi connectivity index (χ0n) is 12.1. The number of amides is 1. The molecule has 2 aliphatic rings. The lowest BCUT2D eigenvalue weighted by molar-refractivity contribution is -0.138. The van der Waals surface area contributed by atoms with Gasteiger partial charge in [-0.05, 0) is 38.4 Å². The van der Waals surface area contributed by atoms with Crippen LogP contribution in [0.4, 0.5) is 23.4 Å². The van der Waals surface area contributed by atoms with Crippen molar-refractivity contribution in [1.82, 2.24) is 10.3 Å². The maximum absolute atomic E-state index is 14.0. The first-order valence-corrected chi connectivity index (χ1v) is 7.09. The lowest BCUT2D eigenvalue weighted by Crippen LogP contribution is -2.43. The highest BCUT2D eigenvalue weighted by molar-refractivity contribution is 5.99. The highest BCUT2D eigenvalue weighted by atomic mass is 35.5. The molecule has 1 amide bonds. The Morgan fingerprint density at radius 3 is 2.43 bits per heavy atom. The van der Waals surface area contributed by atoms with Crippen molar-refractivity contribution in [3.63, 3.8) is 0 Å². The fourth-order valence-electron chi connectivity index (χ4n) is 3.18. The molecule has 2 saturated heterocycles. The fourth-order valence-corrected chi connectivity index (χ4v) is 3.18. The number of halogens is 5. The average Bonchev–Trinajstić information content (AvgIpc) is 2.76. The molecule has 9 heteroatoms. The molecule has 23 heavy (non-hydrogen) atoms. The van der Waals surface area contributed by atoms with Gasteiger partial charge >= 0.3 is 6.18 Å². The Hall–Kier alpha value is -1.41. The van der Waals surface area contributed by atoms with Crippen LogP contribution in [0.1, 0.15) is 24.8 Å². The Morgan fingerprint density at radius 2 is 1.87 bits per heavy atom. The summed E-state index contributed by atoms with van der Waals surface area (Å²) in [6.07, 6.45) is -2.19. The normalized spacial score (nSPS) is 20.7. The number of piperidine rings is 1. The van der Waals surface area contributed by atoms with E-state index in [2.05, 4.69) is 10.3 Å². The maximum atomic E-state index is 14.0. The van der Waals surface area contributed by atoms with Crippen LogP contribution >= 0.6 is 12.4 Å². The van der Waals surface area contributed by atoms with E-state index in [9.17, 15) is 22.4 Å². The van der Waals surface area contributed by atoms with Crippen LogP contribution < -0.4 is 10.2 Å². The van der Waals surface area contributed by atoms with E-state index in [0.717, 1.165) is 0 Å². The first kappa shape index (κ1) is 17.9. The number of pyridine rings is 1. The molecule has 1 spiro atoms. The van der Waals surface area contributed by atoms with Crippen LogP contribution in [-0.2, 0) is 11.0 Å². The van der Waals surface area contributed by atoms with Gasteiger partial charge in [-0.1, -0.05) is 0 Å². The molecule has 0 saturated carbocycles. The summed E-state index contributed by atoms with van der Waals surface area (Å²) in [4.78, 5) is 17.3. The molecule has 1 aromatic heterocycles. The summed E-state index contributed by atoms with van der Waals surface area (Å²) in [5, 5.41) is 3.16. The topological polar surface area (TPSA) is 45.2 Å². The second-order valence-corrected chi connectivity index (χ2v) is 5.76. The summed E-state index contributed by atoms with van der Waals surface area (Å²) in [5.41, 5.74) is -1.68. The average molecular weight is 354 g/mol. The van der Waals surface area contributed by atoms with Crippen molar-refractivity contribution in [1.29, 1.82) is 0 Å². The van der Waals surface area contributed by atoms with Gasteiger partial charge in [-0.15, -0.1) is 12.4 Å². The first-order valence-electron chi connectivity index (χ1n) is 7.09. The smallest absolute Gasteiger partial charge is 0.317 e. The Balaban J connectivity index is 0.00000192. The minimum absolute atomic E-state index is 0. The number of rotatable bonds is 1. The largest absolute Gasteiger partial charge is 0.417 e. The van der Waals surface area contributed by atoms with Crippen LogP contribution in [-0.4, -0.2) is 30.5 Å². The molecule has 0 aromatic carbocycles. The molecule has 0 aliphatic carbocycles. The number of aromatic nitrogens is 1. The molecule has 0 bridgehead atoms. The van der Waals surface area contributed by atoms with Crippen molar-refractivity contribution in [2.75, 3.05) is 24.5 Å². The Kier molecular flexibility index (Phi) is 4.86. The molecule has 0 atom stereocenters. The van der Waals surface area contributed by atoms with E-state index in [0.29, 0.717) is 44.6 Å². The predicted octanol–water partition coefficient (Wildman–Crippen LogP) is 2.77. The van der Waals surface area contributed by atoms with E-state index in [1.165, 1.54) is 4.90 Å². The number of alkyl halides is 3. The summed E-state index contributed by atoms with van der Waals surface area (Å²) < 4.78 is 51.6. The Bertz CT molecular complexity index is 602. The fraction of sp³-hybridized carbons (Fsp3) is 0.571. The summed E-state index contributed by atoms with van der Waals surface area (Å²) >= 11 is 0. The van der Waals surface area contributed by atoms with E-state index in [-0.39, 0.29) is 30.7 Å². The van der Waals surface area contributed by atoms with Crippen LogP contribution in [0, 0.1) is 11.2 Å². The van der Waals surface area contributed by atoms with Gasteiger partial charge in [-0.3, -0.25) is 9.69 Å². The lowest BCUT2D eigenvalue weighted by atomic mass is 9.78. The standard InChI is InChI=1S/C14H15F4N3O.ClH/c15-10-7-9(14(16,17)18)8-20-11(10)21-6-3-13(12(21)22)1-4-19-5-2-13;/h7-8,19H,1-6H2;1H. The van der Waals surface area contributed by atoms with Crippen molar-refractivity contribution >= 4 is 24.1 Å². The van der Waals surface area contributed by atoms with Gasteiger partial charge < -0.3 is 5.32 Å². The molecule has 0 unspecified atom stereocenters. The molecule has 1 aromatic rings. The van der Waals surface area contributed by atoms with Gasteiger partial charge in [-0.2, -0.15) is 13.2 Å². The van der Waals surface area contributed by atoms with Gasteiger partial charge in [0.15, 0.2) is 11.6 Å². The maximum Gasteiger partial charge on any atom is 0.417 e. The van der Waals surface area contributed by atoms with Gasteiger partial charge in [0.1, 0.15) is 0 Å². The van der Waals surface area contributed by atoms with Gasteiger partial charge in [0.25, 0.3) is 0 Å². The number of nitrogens with one attached hydrogen (secondary N) is 1. The molecule has 3 heterocycles. The van der Waals surface area contributed by atoms with Crippen LogP contribution in [0.2, 0.25) is 0 Å². The zero-order valence-corrected chi connectivity index (χ0v) is 12.9. The van der Waals surface area contributed by atoms with Crippen LogP contribution in [0.5, 0.6) is 0 Å². The Morgan fingerprint density at radius 1 is 1.22 bits per heavy atom. The van der Waals surface area contributed by atoms with E-state index < -0.39 is 23.0 Å². The summed E-state index contributed by atoms with van der Waals surface area (Å²) in [6, 6.07) is 0.392. The molecule has 4 nitrogen and oxygen atoms in total. The third-order valence-electron chi connectivity index (χ3n) is 4.48. The highest BCUT2D eigenvalue weighted by Gasteiger charge is 2.48. The van der Waals surface area contributed by atoms with Gasteiger partial charge in [0.2, 0.25) is 5.91 Å². The monoisotopic (exact) mass is 353 g/mol. The lowest BCUT2D eigenvalue weighted by Gasteiger charge is -2.31. The highest BCUT2D eigenvalue weighted by Crippen LogP contribution is 2.42. The summed E-state index contributed by atoms with van der Waals surface area (Å²) in [7, 11) is 0. The quantitative estimate of drug-likeness (QED) is 0.790. The molecular weight excluding hydrogens is 338 g/mol. The SMILES string of the molecule is Cl.O=C1N(c2ncc(C(F)(F)F)cc2F)CCC12CCNCC2. The third-order valence-corrected chi connectivity index (χ3v) is 4.48. The van der Waals surface area contributed by atoms with Crippen LogP contribution in [0.3, 0.4) is 0 Å². The number of nitrogens with zero attached hydrogens (tertiary/aromatic N) is 2. The summed E-state index contributed by atoms with van der Waals surface area (Å²) in [6.45, 7) is 1.71. The van der Waals surface area contributed by atoms with E-state index >= 15 is 0 Å². The first-order chi connectivity index (χ1) is 10.3. The van der Waals surface area contributed by atoms with E-state index in [1.54, 1.807) is 0 Å². The predicted molar refractivity (Wildman–Crippen MR) is 78.0 cm³/mol. The van der Waals surface area contributed by atoms with Crippen LogP contribution in [0.15, 0.2) is 12.3 Å². The van der Waals surface area contributed by atoms with Crippen molar-refractivity contribution in [2.24, 2.45) is 5.41 Å². The zero-order chi connectivity index (χ0) is 16.0. The van der Waals surface area contributed by atoms with Crippen molar-refractivity contribution in [3.8, 4) is 0 Å². The number of carbonyl (C=O) groups excluding carboxylic acids is 1. The van der Waals surface area contributed by atoms with E-state index in [1.807, 2.05) is 0 Å². The molecule has 2 aliphatic heterocycles. The minimum atomic E-state index is -4.66. The van der Waals surface area contributed by atoms with Gasteiger partial charge in [0, 0.05) is 12.7 Å². The molecule has 1 N–H and O–H groups in total.